The molecule has 8 nitrogen and oxygen atoms in total. The van der Waals surface area contributed by atoms with Gasteiger partial charge in [0, 0.05) is 36.4 Å². The van der Waals surface area contributed by atoms with Crippen molar-refractivity contribution in [3.8, 4) is 11.1 Å². The molecule has 1 saturated heterocycles. The third-order valence-corrected chi connectivity index (χ3v) is 7.55. The van der Waals surface area contributed by atoms with E-state index >= 15 is 0 Å². The molecular formula is C32H35F3N4O4. The fraction of sp³-hybridized carbons (Fsp3) is 0.344. The van der Waals surface area contributed by atoms with Crippen molar-refractivity contribution < 1.29 is 32.3 Å². The number of ether oxygens (including phenoxy) is 1. The molecule has 0 aliphatic carbocycles. The normalized spacial score (nSPS) is 14.6. The van der Waals surface area contributed by atoms with E-state index in [2.05, 4.69) is 15.5 Å². The van der Waals surface area contributed by atoms with Gasteiger partial charge in [-0.15, -0.1) is 0 Å². The van der Waals surface area contributed by atoms with E-state index in [-0.39, 0.29) is 24.3 Å². The van der Waals surface area contributed by atoms with E-state index in [1.165, 1.54) is 19.2 Å². The van der Waals surface area contributed by atoms with Crippen LogP contribution in [0.3, 0.4) is 0 Å². The van der Waals surface area contributed by atoms with Gasteiger partial charge < -0.3 is 26.0 Å². The van der Waals surface area contributed by atoms with Crippen LogP contribution in [0.25, 0.3) is 11.1 Å². The number of amides is 2. The summed E-state index contributed by atoms with van der Waals surface area (Å²) in [5.74, 6) is -0.877. The highest BCUT2D eigenvalue weighted by molar-refractivity contribution is 6.08. The zero-order chi connectivity index (χ0) is 31.0. The summed E-state index contributed by atoms with van der Waals surface area (Å²) in [6.45, 7) is 1.78. The van der Waals surface area contributed by atoms with Gasteiger partial charge >= 0.3 is 12.1 Å². The summed E-state index contributed by atoms with van der Waals surface area (Å²) in [6.07, 6.45) is -2.17. The largest absolute Gasteiger partial charge is 0.467 e. The second-order valence-corrected chi connectivity index (χ2v) is 10.5. The summed E-state index contributed by atoms with van der Waals surface area (Å²) < 4.78 is 43.7. The van der Waals surface area contributed by atoms with Gasteiger partial charge in [-0.1, -0.05) is 30.3 Å². The summed E-state index contributed by atoms with van der Waals surface area (Å²) in [6, 6.07) is 18.2. The molecule has 1 aliphatic rings. The van der Waals surface area contributed by atoms with E-state index < -0.39 is 23.8 Å². The molecule has 2 amide bonds. The van der Waals surface area contributed by atoms with Crippen LogP contribution < -0.4 is 21.3 Å². The van der Waals surface area contributed by atoms with E-state index in [0.29, 0.717) is 35.2 Å². The van der Waals surface area contributed by atoms with Crippen molar-refractivity contribution in [3.63, 3.8) is 0 Å². The maximum Gasteiger partial charge on any atom is 0.416 e. The molecular weight excluding hydrogens is 561 g/mol. The number of rotatable bonds is 10. The Balaban J connectivity index is 1.32. The lowest BCUT2D eigenvalue weighted by atomic mass is 9.92. The molecule has 0 unspecified atom stereocenters. The Morgan fingerprint density at radius 2 is 1.63 bits per heavy atom. The van der Waals surface area contributed by atoms with Crippen LogP contribution in [-0.2, 0) is 20.5 Å². The summed E-state index contributed by atoms with van der Waals surface area (Å²) >= 11 is 0. The van der Waals surface area contributed by atoms with Crippen LogP contribution in [0.1, 0.15) is 41.6 Å². The number of nitrogens with two attached hydrogens (primary N) is 1. The lowest BCUT2D eigenvalue weighted by Gasteiger charge is -2.33. The first-order chi connectivity index (χ1) is 20.6. The number of carbonyl (C=O) groups is 3. The maximum absolute atomic E-state index is 13.1. The number of alkyl halides is 3. The molecule has 4 N–H and O–H groups in total. The molecule has 3 aromatic carbocycles. The monoisotopic (exact) mass is 596 g/mol. The Bertz CT molecular complexity index is 1400. The number of piperidine rings is 1. The van der Waals surface area contributed by atoms with Crippen molar-refractivity contribution in [2.24, 2.45) is 11.7 Å². The molecule has 43 heavy (non-hydrogen) atoms. The van der Waals surface area contributed by atoms with Crippen molar-refractivity contribution in [1.29, 1.82) is 0 Å². The summed E-state index contributed by atoms with van der Waals surface area (Å²) in [5, 5.41) is 5.61. The van der Waals surface area contributed by atoms with E-state index in [0.717, 1.165) is 43.8 Å². The smallest absolute Gasteiger partial charge is 0.416 e. The molecule has 1 aliphatic heterocycles. The number of nitrogens with zero attached hydrogens (tertiary/aromatic N) is 1. The highest BCUT2D eigenvalue weighted by Crippen LogP contribution is 2.32. The number of methoxy groups -OCH3 is 1. The Morgan fingerprint density at radius 1 is 0.977 bits per heavy atom. The predicted octanol–water partition coefficient (Wildman–Crippen LogP) is 5.24. The number of hydrogen-bond donors (Lipinski definition) is 3. The van der Waals surface area contributed by atoms with E-state index in [1.807, 2.05) is 12.1 Å². The molecule has 0 spiro atoms. The number of nitrogens with one attached hydrogen (secondary N) is 2. The Hall–Kier alpha value is -4.38. The zero-order valence-corrected chi connectivity index (χ0v) is 23.8. The lowest BCUT2D eigenvalue weighted by molar-refractivity contribution is -0.145. The predicted molar refractivity (Wildman–Crippen MR) is 158 cm³/mol. The van der Waals surface area contributed by atoms with Crippen molar-refractivity contribution in [2.45, 2.75) is 37.9 Å². The first-order valence-corrected chi connectivity index (χ1v) is 14.1. The maximum atomic E-state index is 13.1. The van der Waals surface area contributed by atoms with E-state index in [9.17, 15) is 27.6 Å². The molecule has 1 heterocycles. The molecule has 1 fully saturated rings. The van der Waals surface area contributed by atoms with Gasteiger partial charge in [-0.05, 0) is 85.3 Å². The quantitative estimate of drug-likeness (QED) is 0.276. The third kappa shape index (κ3) is 8.35. The fourth-order valence-corrected chi connectivity index (χ4v) is 5.19. The highest BCUT2D eigenvalue weighted by atomic mass is 19.4. The SMILES string of the molecule is COC(=O)[C@H](CCN)NC(=O)CC1CCN(c2ccc(NC(=O)c3ccccc3-c3ccc(C(F)(F)F)cc3)cc2)CC1. The minimum absolute atomic E-state index is 0.190. The number of esters is 1. The number of anilines is 2. The Labute approximate surface area is 248 Å². The average molecular weight is 597 g/mol. The molecule has 4 rings (SSSR count). The second-order valence-electron chi connectivity index (χ2n) is 10.5. The summed E-state index contributed by atoms with van der Waals surface area (Å²) in [4.78, 5) is 39.7. The van der Waals surface area contributed by atoms with Crippen LogP contribution in [0.5, 0.6) is 0 Å². The average Bonchev–Trinajstić information content (AvgIpc) is 3.01. The first kappa shape index (κ1) is 31.6. The first-order valence-electron chi connectivity index (χ1n) is 14.1. The Morgan fingerprint density at radius 3 is 2.23 bits per heavy atom. The Kier molecular flexibility index (Phi) is 10.4. The summed E-state index contributed by atoms with van der Waals surface area (Å²) in [7, 11) is 1.28. The van der Waals surface area contributed by atoms with Gasteiger partial charge in [0.25, 0.3) is 5.91 Å². The number of hydrogen-bond acceptors (Lipinski definition) is 6. The van der Waals surface area contributed by atoms with Crippen molar-refractivity contribution in [3.05, 3.63) is 83.9 Å². The molecule has 0 aromatic heterocycles. The molecule has 11 heteroatoms. The minimum Gasteiger partial charge on any atom is -0.467 e. The van der Waals surface area contributed by atoms with Gasteiger partial charge in [0.2, 0.25) is 5.91 Å². The number of halogens is 3. The topological polar surface area (TPSA) is 114 Å². The molecule has 0 radical (unpaired) electrons. The minimum atomic E-state index is -4.44. The van der Waals surface area contributed by atoms with E-state index in [4.69, 9.17) is 10.5 Å². The zero-order valence-electron chi connectivity index (χ0n) is 23.8. The standard InChI is InChI=1S/C32H35F3N4O4/c1-43-31(42)28(14-17-36)38-29(40)20-21-15-18-39(19-16-21)25-12-10-24(11-13-25)37-30(41)27-5-3-2-4-26(27)22-6-8-23(9-7-22)32(33,34)35/h2-13,21,28H,14-20,36H2,1H3,(H,37,41)(H,38,40)/t28-/m0/s1. The third-order valence-electron chi connectivity index (χ3n) is 7.55. The molecule has 0 saturated carbocycles. The van der Waals surface area contributed by atoms with Crippen molar-refractivity contribution in [1.82, 2.24) is 5.32 Å². The van der Waals surface area contributed by atoms with Gasteiger partial charge in [-0.2, -0.15) is 13.2 Å². The van der Waals surface area contributed by atoms with Crippen molar-refractivity contribution in [2.75, 3.05) is 37.0 Å². The molecule has 1 atom stereocenters. The molecule has 0 bridgehead atoms. The lowest BCUT2D eigenvalue weighted by Crippen LogP contribution is -2.44. The van der Waals surface area contributed by atoms with Gasteiger partial charge in [0.15, 0.2) is 0 Å². The van der Waals surface area contributed by atoms with Crippen LogP contribution in [0, 0.1) is 5.92 Å². The van der Waals surface area contributed by atoms with Gasteiger partial charge in [-0.3, -0.25) is 9.59 Å². The van der Waals surface area contributed by atoms with Gasteiger partial charge in [0.1, 0.15) is 6.04 Å². The second kappa shape index (κ2) is 14.2. The number of carbonyl (C=O) groups excluding carboxylic acids is 3. The van der Waals surface area contributed by atoms with Crippen LogP contribution in [-0.4, -0.2) is 50.6 Å². The fourth-order valence-electron chi connectivity index (χ4n) is 5.19. The van der Waals surface area contributed by atoms with Gasteiger partial charge in [-0.25, -0.2) is 4.79 Å². The van der Waals surface area contributed by atoms with Crippen LogP contribution in [0.15, 0.2) is 72.8 Å². The van der Waals surface area contributed by atoms with Crippen LogP contribution >= 0.6 is 0 Å². The summed E-state index contributed by atoms with van der Waals surface area (Å²) in [5.41, 5.74) is 7.74. The van der Waals surface area contributed by atoms with Crippen LogP contribution in [0.2, 0.25) is 0 Å². The molecule has 3 aromatic rings. The highest BCUT2D eigenvalue weighted by Gasteiger charge is 2.30. The molecule has 228 valence electrons. The van der Waals surface area contributed by atoms with Crippen LogP contribution in [0.4, 0.5) is 24.5 Å². The van der Waals surface area contributed by atoms with Gasteiger partial charge in [0.05, 0.1) is 12.7 Å². The van der Waals surface area contributed by atoms with Crippen molar-refractivity contribution >= 4 is 29.2 Å². The van der Waals surface area contributed by atoms with E-state index in [1.54, 1.807) is 36.4 Å². The number of benzene rings is 3.